The predicted molar refractivity (Wildman–Crippen MR) is 110 cm³/mol. The molecule has 1 N–H and O–H groups in total. The SMILES string of the molecule is Cc1cccc(-c2noc(-c3ccc(NCc4ccccc4)c([N+](=O)[O-])c3)n2)c1. The monoisotopic (exact) mass is 386 g/mol. The zero-order chi connectivity index (χ0) is 20.2. The molecule has 144 valence electrons. The normalized spacial score (nSPS) is 10.7. The Hall–Kier alpha value is -4.00. The number of hydrogen-bond donors (Lipinski definition) is 1. The molecule has 0 bridgehead atoms. The van der Waals surface area contributed by atoms with Gasteiger partial charge >= 0.3 is 0 Å². The molecule has 0 radical (unpaired) electrons. The highest BCUT2D eigenvalue weighted by molar-refractivity contribution is 5.70. The molecule has 7 nitrogen and oxygen atoms in total. The molecule has 4 aromatic rings. The number of nitro benzene ring substituents is 1. The average Bonchev–Trinajstić information content (AvgIpc) is 3.23. The third-order valence-electron chi connectivity index (χ3n) is 4.47. The van der Waals surface area contributed by atoms with E-state index in [-0.39, 0.29) is 11.6 Å². The number of benzene rings is 3. The van der Waals surface area contributed by atoms with Gasteiger partial charge in [0, 0.05) is 23.7 Å². The molecule has 0 aliphatic rings. The van der Waals surface area contributed by atoms with Crippen LogP contribution in [0.5, 0.6) is 0 Å². The molecule has 1 aromatic heterocycles. The standard InChI is InChI=1S/C22H18N4O3/c1-15-6-5-9-17(12-15)21-24-22(29-25-21)18-10-11-19(20(13-18)26(27)28)23-14-16-7-3-2-4-8-16/h2-13,23H,14H2,1H3. The molecule has 0 unspecified atom stereocenters. The third kappa shape index (κ3) is 4.14. The van der Waals surface area contributed by atoms with Gasteiger partial charge in [-0.15, -0.1) is 0 Å². The molecule has 0 aliphatic carbocycles. The molecule has 0 atom stereocenters. The van der Waals surface area contributed by atoms with Gasteiger partial charge in [0.25, 0.3) is 11.6 Å². The van der Waals surface area contributed by atoms with E-state index in [0.717, 1.165) is 16.7 Å². The lowest BCUT2D eigenvalue weighted by Crippen LogP contribution is -2.02. The van der Waals surface area contributed by atoms with Gasteiger partial charge in [-0.25, -0.2) is 0 Å². The number of rotatable bonds is 6. The summed E-state index contributed by atoms with van der Waals surface area (Å²) in [5, 5.41) is 18.7. The van der Waals surface area contributed by atoms with Crippen LogP contribution in [-0.2, 0) is 6.54 Å². The first-order chi connectivity index (χ1) is 14.1. The molecule has 0 fully saturated rings. The van der Waals surface area contributed by atoms with Gasteiger partial charge < -0.3 is 9.84 Å². The smallest absolute Gasteiger partial charge is 0.293 e. The van der Waals surface area contributed by atoms with E-state index in [1.165, 1.54) is 6.07 Å². The fraction of sp³-hybridized carbons (Fsp3) is 0.0909. The molecular weight excluding hydrogens is 368 g/mol. The van der Waals surface area contributed by atoms with Crippen molar-refractivity contribution >= 4 is 11.4 Å². The number of anilines is 1. The molecule has 3 aromatic carbocycles. The summed E-state index contributed by atoms with van der Waals surface area (Å²) < 4.78 is 5.34. The Bertz CT molecular complexity index is 1160. The van der Waals surface area contributed by atoms with Crippen molar-refractivity contribution in [3.8, 4) is 22.8 Å². The number of aryl methyl sites for hydroxylation is 1. The summed E-state index contributed by atoms with van der Waals surface area (Å²) in [5.74, 6) is 0.678. The molecule has 0 spiro atoms. The van der Waals surface area contributed by atoms with Crippen molar-refractivity contribution in [1.82, 2.24) is 10.1 Å². The van der Waals surface area contributed by atoms with Crippen molar-refractivity contribution in [2.24, 2.45) is 0 Å². The van der Waals surface area contributed by atoms with Gasteiger partial charge in [-0.3, -0.25) is 10.1 Å². The number of nitrogens with zero attached hydrogens (tertiary/aromatic N) is 3. The summed E-state index contributed by atoms with van der Waals surface area (Å²) in [7, 11) is 0. The van der Waals surface area contributed by atoms with Crippen LogP contribution >= 0.6 is 0 Å². The van der Waals surface area contributed by atoms with E-state index in [9.17, 15) is 10.1 Å². The van der Waals surface area contributed by atoms with Gasteiger partial charge in [-0.1, -0.05) is 59.3 Å². The van der Waals surface area contributed by atoms with Gasteiger partial charge in [0.1, 0.15) is 5.69 Å². The Morgan fingerprint density at radius 2 is 1.83 bits per heavy atom. The van der Waals surface area contributed by atoms with Crippen LogP contribution in [0.2, 0.25) is 0 Å². The van der Waals surface area contributed by atoms with E-state index in [2.05, 4.69) is 15.5 Å². The molecule has 0 amide bonds. The van der Waals surface area contributed by atoms with Crippen LogP contribution in [0.15, 0.2) is 77.3 Å². The van der Waals surface area contributed by atoms with E-state index < -0.39 is 4.92 Å². The van der Waals surface area contributed by atoms with Crippen LogP contribution < -0.4 is 5.32 Å². The van der Waals surface area contributed by atoms with E-state index in [0.29, 0.717) is 23.6 Å². The van der Waals surface area contributed by atoms with E-state index in [1.54, 1.807) is 12.1 Å². The predicted octanol–water partition coefficient (Wildman–Crippen LogP) is 5.23. The Labute approximate surface area is 167 Å². The lowest BCUT2D eigenvalue weighted by molar-refractivity contribution is -0.383. The largest absolute Gasteiger partial charge is 0.375 e. The Balaban J connectivity index is 1.60. The minimum atomic E-state index is -0.422. The Morgan fingerprint density at radius 1 is 1.00 bits per heavy atom. The molecule has 0 saturated heterocycles. The third-order valence-corrected chi connectivity index (χ3v) is 4.47. The highest BCUT2D eigenvalue weighted by Crippen LogP contribution is 2.31. The summed E-state index contributed by atoms with van der Waals surface area (Å²) in [6.07, 6.45) is 0. The van der Waals surface area contributed by atoms with Crippen molar-refractivity contribution < 1.29 is 9.45 Å². The van der Waals surface area contributed by atoms with Crippen molar-refractivity contribution in [1.29, 1.82) is 0 Å². The number of hydrogen-bond acceptors (Lipinski definition) is 6. The molecule has 1 heterocycles. The average molecular weight is 386 g/mol. The second kappa shape index (κ2) is 7.93. The fourth-order valence-corrected chi connectivity index (χ4v) is 3.00. The topological polar surface area (TPSA) is 94.1 Å². The zero-order valence-corrected chi connectivity index (χ0v) is 15.7. The first-order valence-corrected chi connectivity index (χ1v) is 9.07. The van der Waals surface area contributed by atoms with Gasteiger partial charge in [0.05, 0.1) is 4.92 Å². The molecule has 29 heavy (non-hydrogen) atoms. The highest BCUT2D eigenvalue weighted by atomic mass is 16.6. The number of nitro groups is 1. The van der Waals surface area contributed by atoms with Gasteiger partial charge in [0.2, 0.25) is 5.82 Å². The van der Waals surface area contributed by atoms with Crippen molar-refractivity contribution in [2.45, 2.75) is 13.5 Å². The molecule has 4 rings (SSSR count). The van der Waals surface area contributed by atoms with Crippen molar-refractivity contribution in [3.05, 3.63) is 94.0 Å². The summed E-state index contributed by atoms with van der Waals surface area (Å²) in [6, 6.07) is 22.3. The van der Waals surface area contributed by atoms with E-state index in [4.69, 9.17) is 4.52 Å². The second-order valence-electron chi connectivity index (χ2n) is 6.62. The molecular formula is C22H18N4O3. The lowest BCUT2D eigenvalue weighted by atomic mass is 10.1. The van der Waals surface area contributed by atoms with Gasteiger partial charge in [0.15, 0.2) is 0 Å². The van der Waals surface area contributed by atoms with Crippen LogP contribution in [0.4, 0.5) is 11.4 Å². The summed E-state index contributed by atoms with van der Waals surface area (Å²) in [5.41, 5.74) is 3.82. The summed E-state index contributed by atoms with van der Waals surface area (Å²) in [4.78, 5) is 15.6. The second-order valence-corrected chi connectivity index (χ2v) is 6.62. The van der Waals surface area contributed by atoms with Crippen LogP contribution in [-0.4, -0.2) is 15.1 Å². The molecule has 0 aliphatic heterocycles. The highest BCUT2D eigenvalue weighted by Gasteiger charge is 2.18. The van der Waals surface area contributed by atoms with Crippen LogP contribution in [0.3, 0.4) is 0 Å². The van der Waals surface area contributed by atoms with Gasteiger partial charge in [-0.2, -0.15) is 4.98 Å². The first kappa shape index (κ1) is 18.4. The van der Waals surface area contributed by atoms with Gasteiger partial charge in [-0.05, 0) is 30.7 Å². The minimum Gasteiger partial charge on any atom is -0.375 e. The Morgan fingerprint density at radius 3 is 2.59 bits per heavy atom. The van der Waals surface area contributed by atoms with Crippen LogP contribution in [0, 0.1) is 17.0 Å². The quantitative estimate of drug-likeness (QED) is 0.360. The maximum Gasteiger partial charge on any atom is 0.293 e. The van der Waals surface area contributed by atoms with Crippen LogP contribution in [0.25, 0.3) is 22.8 Å². The summed E-state index contributed by atoms with van der Waals surface area (Å²) >= 11 is 0. The zero-order valence-electron chi connectivity index (χ0n) is 15.7. The maximum atomic E-state index is 11.6. The number of aromatic nitrogens is 2. The van der Waals surface area contributed by atoms with Crippen molar-refractivity contribution in [2.75, 3.05) is 5.32 Å². The lowest BCUT2D eigenvalue weighted by Gasteiger charge is -2.08. The fourth-order valence-electron chi connectivity index (χ4n) is 3.00. The van der Waals surface area contributed by atoms with E-state index in [1.807, 2.05) is 61.5 Å². The minimum absolute atomic E-state index is 0.0475. The molecule has 7 heteroatoms. The Kier molecular flexibility index (Phi) is 5.03. The first-order valence-electron chi connectivity index (χ1n) is 9.07. The van der Waals surface area contributed by atoms with Crippen LogP contribution in [0.1, 0.15) is 11.1 Å². The molecule has 0 saturated carbocycles. The maximum absolute atomic E-state index is 11.6. The van der Waals surface area contributed by atoms with Crippen molar-refractivity contribution in [3.63, 3.8) is 0 Å². The van der Waals surface area contributed by atoms with E-state index >= 15 is 0 Å². The number of nitrogens with one attached hydrogen (secondary N) is 1. The summed E-state index contributed by atoms with van der Waals surface area (Å²) in [6.45, 7) is 2.47.